The summed E-state index contributed by atoms with van der Waals surface area (Å²) in [6.07, 6.45) is 1.82. The lowest BCUT2D eigenvalue weighted by Crippen LogP contribution is -2.32. The van der Waals surface area contributed by atoms with Gasteiger partial charge in [0.1, 0.15) is 0 Å². The van der Waals surface area contributed by atoms with Crippen molar-refractivity contribution in [3.63, 3.8) is 0 Å². The van der Waals surface area contributed by atoms with Gasteiger partial charge in [-0.3, -0.25) is 0 Å². The Morgan fingerprint density at radius 3 is 2.56 bits per heavy atom. The van der Waals surface area contributed by atoms with E-state index in [-0.39, 0.29) is 4.90 Å². The van der Waals surface area contributed by atoms with Crippen LogP contribution in [0.25, 0.3) is 0 Å². The maximum Gasteiger partial charge on any atom is 0.244 e. The molecule has 1 aromatic carbocycles. The fourth-order valence-electron chi connectivity index (χ4n) is 1.64. The fourth-order valence-corrected chi connectivity index (χ4v) is 4.09. The van der Waals surface area contributed by atoms with Gasteiger partial charge < -0.3 is 5.73 Å². The van der Waals surface area contributed by atoms with Gasteiger partial charge in [0.05, 0.1) is 4.90 Å². The largest absolute Gasteiger partial charge is 0.399 e. The molecule has 0 heterocycles. The molecule has 0 spiro atoms. The molecule has 0 aliphatic rings. The minimum Gasteiger partial charge on any atom is -0.399 e. The summed E-state index contributed by atoms with van der Waals surface area (Å²) in [6.45, 7) is 4.88. The SMILES string of the molecule is CCCCN(CC)S(=O)(=O)c1cc(N)ccc1Br. The zero-order chi connectivity index (χ0) is 13.8. The van der Waals surface area contributed by atoms with E-state index in [2.05, 4.69) is 15.9 Å². The lowest BCUT2D eigenvalue weighted by atomic mass is 10.3. The summed E-state index contributed by atoms with van der Waals surface area (Å²) in [4.78, 5) is 0.237. The van der Waals surface area contributed by atoms with E-state index in [9.17, 15) is 8.42 Å². The van der Waals surface area contributed by atoms with Gasteiger partial charge in [0.25, 0.3) is 0 Å². The van der Waals surface area contributed by atoms with E-state index in [4.69, 9.17) is 5.73 Å². The molecule has 0 saturated carbocycles. The van der Waals surface area contributed by atoms with Crippen LogP contribution >= 0.6 is 15.9 Å². The average Bonchev–Trinajstić information content (AvgIpc) is 2.33. The maximum absolute atomic E-state index is 12.5. The summed E-state index contributed by atoms with van der Waals surface area (Å²) in [5.74, 6) is 0. The second kappa shape index (κ2) is 6.54. The van der Waals surface area contributed by atoms with Crippen molar-refractivity contribution in [2.75, 3.05) is 18.8 Å². The average molecular weight is 335 g/mol. The van der Waals surface area contributed by atoms with Crippen LogP contribution in [-0.4, -0.2) is 25.8 Å². The normalized spacial score (nSPS) is 12.0. The molecule has 18 heavy (non-hydrogen) atoms. The zero-order valence-electron chi connectivity index (χ0n) is 10.7. The van der Waals surface area contributed by atoms with E-state index in [1.54, 1.807) is 12.1 Å². The van der Waals surface area contributed by atoms with Crippen molar-refractivity contribution in [1.29, 1.82) is 0 Å². The van der Waals surface area contributed by atoms with Crippen LogP contribution < -0.4 is 5.73 Å². The van der Waals surface area contributed by atoms with E-state index in [1.165, 1.54) is 10.4 Å². The van der Waals surface area contributed by atoms with Crippen LogP contribution in [0.4, 0.5) is 5.69 Å². The van der Waals surface area contributed by atoms with Crippen LogP contribution in [0, 0.1) is 0 Å². The number of nitrogen functional groups attached to an aromatic ring is 1. The number of halogens is 1. The highest BCUT2D eigenvalue weighted by atomic mass is 79.9. The summed E-state index contributed by atoms with van der Waals surface area (Å²) in [6, 6.07) is 4.83. The van der Waals surface area contributed by atoms with Crippen LogP contribution in [-0.2, 0) is 10.0 Å². The smallest absolute Gasteiger partial charge is 0.244 e. The molecule has 0 aliphatic carbocycles. The van der Waals surface area contributed by atoms with Crippen LogP contribution in [0.15, 0.2) is 27.6 Å². The van der Waals surface area contributed by atoms with Crippen LogP contribution in [0.5, 0.6) is 0 Å². The highest BCUT2D eigenvalue weighted by Crippen LogP contribution is 2.27. The molecular formula is C12H19BrN2O2S. The van der Waals surface area contributed by atoms with Gasteiger partial charge in [0, 0.05) is 23.2 Å². The number of nitrogens with two attached hydrogens (primary N) is 1. The van der Waals surface area contributed by atoms with E-state index < -0.39 is 10.0 Å². The fraction of sp³-hybridized carbons (Fsp3) is 0.500. The van der Waals surface area contributed by atoms with Gasteiger partial charge in [-0.05, 0) is 40.5 Å². The minimum absolute atomic E-state index is 0.237. The number of anilines is 1. The predicted molar refractivity (Wildman–Crippen MR) is 77.9 cm³/mol. The first-order valence-electron chi connectivity index (χ1n) is 5.98. The Labute approximate surface area is 117 Å². The molecule has 102 valence electrons. The molecule has 6 heteroatoms. The molecule has 1 aromatic rings. The van der Waals surface area contributed by atoms with Crippen molar-refractivity contribution in [3.05, 3.63) is 22.7 Å². The van der Waals surface area contributed by atoms with Gasteiger partial charge >= 0.3 is 0 Å². The third-order valence-corrected chi connectivity index (χ3v) is 5.65. The van der Waals surface area contributed by atoms with Gasteiger partial charge in [-0.15, -0.1) is 0 Å². The number of benzene rings is 1. The molecule has 0 radical (unpaired) electrons. The van der Waals surface area contributed by atoms with Crippen LogP contribution in [0.1, 0.15) is 26.7 Å². The Morgan fingerprint density at radius 1 is 1.33 bits per heavy atom. The topological polar surface area (TPSA) is 63.4 Å². The van der Waals surface area contributed by atoms with E-state index in [1.807, 2.05) is 13.8 Å². The number of hydrogen-bond acceptors (Lipinski definition) is 3. The van der Waals surface area contributed by atoms with Gasteiger partial charge in [-0.1, -0.05) is 20.3 Å². The number of rotatable bonds is 6. The van der Waals surface area contributed by atoms with E-state index >= 15 is 0 Å². The van der Waals surface area contributed by atoms with Gasteiger partial charge in [0.2, 0.25) is 10.0 Å². The van der Waals surface area contributed by atoms with Gasteiger partial charge in [-0.25, -0.2) is 8.42 Å². The summed E-state index contributed by atoms with van der Waals surface area (Å²) >= 11 is 3.27. The van der Waals surface area contributed by atoms with Crippen LogP contribution in [0.2, 0.25) is 0 Å². The number of nitrogens with zero attached hydrogens (tertiary/aromatic N) is 1. The molecule has 0 atom stereocenters. The Balaban J connectivity index is 3.14. The molecule has 0 unspecified atom stereocenters. The summed E-state index contributed by atoms with van der Waals surface area (Å²) < 4.78 is 27.0. The third kappa shape index (κ3) is 3.46. The lowest BCUT2D eigenvalue weighted by Gasteiger charge is -2.21. The molecule has 2 N–H and O–H groups in total. The Kier molecular flexibility index (Phi) is 5.62. The first kappa shape index (κ1) is 15.5. The molecular weight excluding hydrogens is 316 g/mol. The molecule has 0 saturated heterocycles. The summed E-state index contributed by atoms with van der Waals surface area (Å²) in [5, 5.41) is 0. The maximum atomic E-state index is 12.5. The second-order valence-corrected chi connectivity index (χ2v) is 6.80. The Hall–Kier alpha value is -0.590. The van der Waals surface area contributed by atoms with Crippen molar-refractivity contribution in [1.82, 2.24) is 4.31 Å². The predicted octanol–water partition coefficient (Wildman–Crippen LogP) is 2.84. The molecule has 0 aliphatic heterocycles. The number of hydrogen-bond donors (Lipinski definition) is 1. The molecule has 0 bridgehead atoms. The Bertz CT molecular complexity index is 503. The molecule has 4 nitrogen and oxygen atoms in total. The Morgan fingerprint density at radius 2 is 2.00 bits per heavy atom. The zero-order valence-corrected chi connectivity index (χ0v) is 13.1. The van der Waals surface area contributed by atoms with Gasteiger partial charge in [0.15, 0.2) is 0 Å². The summed E-state index contributed by atoms with van der Waals surface area (Å²) in [5.41, 5.74) is 6.11. The number of sulfonamides is 1. The monoisotopic (exact) mass is 334 g/mol. The molecule has 1 rings (SSSR count). The van der Waals surface area contributed by atoms with E-state index in [0.717, 1.165) is 12.8 Å². The van der Waals surface area contributed by atoms with Crippen molar-refractivity contribution < 1.29 is 8.42 Å². The second-order valence-electron chi connectivity index (χ2n) is 4.04. The molecule has 0 aromatic heterocycles. The van der Waals surface area contributed by atoms with Crippen molar-refractivity contribution >= 4 is 31.6 Å². The van der Waals surface area contributed by atoms with Crippen molar-refractivity contribution in [3.8, 4) is 0 Å². The minimum atomic E-state index is -3.47. The van der Waals surface area contributed by atoms with Crippen molar-refractivity contribution in [2.24, 2.45) is 0 Å². The first-order chi connectivity index (χ1) is 8.43. The van der Waals surface area contributed by atoms with Gasteiger partial charge in [-0.2, -0.15) is 4.31 Å². The van der Waals surface area contributed by atoms with Crippen molar-refractivity contribution in [2.45, 2.75) is 31.6 Å². The lowest BCUT2D eigenvalue weighted by molar-refractivity contribution is 0.418. The molecule has 0 amide bonds. The summed E-state index contributed by atoms with van der Waals surface area (Å²) in [7, 11) is -3.47. The quantitative estimate of drug-likeness (QED) is 0.813. The highest BCUT2D eigenvalue weighted by molar-refractivity contribution is 9.10. The van der Waals surface area contributed by atoms with E-state index in [0.29, 0.717) is 23.2 Å². The number of unbranched alkanes of at least 4 members (excludes halogenated alkanes) is 1. The van der Waals surface area contributed by atoms with Crippen LogP contribution in [0.3, 0.4) is 0 Å². The standard InChI is InChI=1S/C12H19BrN2O2S/c1-3-5-8-15(4-2)18(16,17)12-9-10(14)6-7-11(12)13/h6-7,9H,3-5,8,14H2,1-2H3. The first-order valence-corrected chi connectivity index (χ1v) is 8.22. The third-order valence-electron chi connectivity index (χ3n) is 2.69. The highest BCUT2D eigenvalue weighted by Gasteiger charge is 2.24. The molecule has 0 fully saturated rings.